The minimum atomic E-state index is -0.125. The fraction of sp³-hybridized carbons (Fsp3) is 0.500. The van der Waals surface area contributed by atoms with Gasteiger partial charge in [-0.1, -0.05) is 29.8 Å². The van der Waals surface area contributed by atoms with E-state index >= 15 is 0 Å². The lowest BCUT2D eigenvalue weighted by Crippen LogP contribution is -2.47. The number of aryl methyl sites for hydroxylation is 1. The van der Waals surface area contributed by atoms with Crippen molar-refractivity contribution in [3.8, 4) is 0 Å². The van der Waals surface area contributed by atoms with Crippen molar-refractivity contribution in [1.29, 1.82) is 0 Å². The first-order valence-corrected chi connectivity index (χ1v) is 5.23. The van der Waals surface area contributed by atoms with Gasteiger partial charge in [0.25, 0.3) is 0 Å². The molecule has 1 aliphatic rings. The van der Waals surface area contributed by atoms with Gasteiger partial charge in [-0.05, 0) is 25.3 Å². The topological polar surface area (TPSA) is 32.3 Å². The first kappa shape index (κ1) is 9.69. The number of benzene rings is 1. The highest BCUT2D eigenvalue weighted by atomic mass is 16.3. The number of rotatable bonds is 3. The first-order valence-electron chi connectivity index (χ1n) is 5.23. The molecule has 0 unspecified atom stereocenters. The van der Waals surface area contributed by atoms with E-state index in [-0.39, 0.29) is 6.10 Å². The Bertz CT molecular complexity index is 294. The summed E-state index contributed by atoms with van der Waals surface area (Å²) in [6.07, 6.45) is 1.93. The molecule has 2 N–H and O–H groups in total. The summed E-state index contributed by atoms with van der Waals surface area (Å²) in [4.78, 5) is 0. The average molecular weight is 191 g/mol. The zero-order valence-corrected chi connectivity index (χ0v) is 8.53. The van der Waals surface area contributed by atoms with Gasteiger partial charge in [-0.2, -0.15) is 0 Å². The first-order chi connectivity index (χ1) is 6.75. The number of hydrogen-bond donors (Lipinski definition) is 2. The summed E-state index contributed by atoms with van der Waals surface area (Å²) in [5.74, 6) is 0. The summed E-state index contributed by atoms with van der Waals surface area (Å²) < 4.78 is 0. The van der Waals surface area contributed by atoms with Crippen molar-refractivity contribution in [2.75, 3.05) is 0 Å². The van der Waals surface area contributed by atoms with Crippen molar-refractivity contribution in [2.24, 2.45) is 0 Å². The minimum absolute atomic E-state index is 0.125. The molecule has 1 aromatic carbocycles. The molecule has 2 nitrogen and oxygen atoms in total. The van der Waals surface area contributed by atoms with E-state index in [1.807, 2.05) is 0 Å². The maximum absolute atomic E-state index is 9.37. The number of aliphatic hydroxyl groups is 1. The normalized spacial score (nSPS) is 25.9. The van der Waals surface area contributed by atoms with Crippen LogP contribution in [0.1, 0.15) is 24.0 Å². The van der Waals surface area contributed by atoms with E-state index in [2.05, 4.69) is 36.5 Å². The molecule has 0 aromatic heterocycles. The SMILES string of the molecule is Cc1ccc(CN[C@@H]2CC[C@H]2O)cc1. The van der Waals surface area contributed by atoms with Crippen molar-refractivity contribution in [3.63, 3.8) is 0 Å². The van der Waals surface area contributed by atoms with Crippen molar-refractivity contribution < 1.29 is 5.11 Å². The van der Waals surface area contributed by atoms with Gasteiger partial charge in [0.15, 0.2) is 0 Å². The van der Waals surface area contributed by atoms with Crippen molar-refractivity contribution in [2.45, 2.75) is 38.5 Å². The predicted octanol–water partition coefficient (Wildman–Crippen LogP) is 1.61. The predicted molar refractivity (Wildman–Crippen MR) is 57.0 cm³/mol. The van der Waals surface area contributed by atoms with Crippen LogP contribution < -0.4 is 5.32 Å². The van der Waals surface area contributed by atoms with Gasteiger partial charge in [0.05, 0.1) is 6.10 Å². The molecule has 0 radical (unpaired) electrons. The smallest absolute Gasteiger partial charge is 0.0693 e. The summed E-state index contributed by atoms with van der Waals surface area (Å²) in [5, 5.41) is 12.7. The van der Waals surface area contributed by atoms with Crippen LogP contribution in [0.3, 0.4) is 0 Å². The standard InChI is InChI=1S/C12H17NO/c1-9-2-4-10(5-3-9)8-13-11-6-7-12(11)14/h2-5,11-14H,6-8H2,1H3/t11-,12-/m1/s1. The Kier molecular flexibility index (Phi) is 2.85. The summed E-state index contributed by atoms with van der Waals surface area (Å²) in [6, 6.07) is 8.82. The Morgan fingerprint density at radius 3 is 2.50 bits per heavy atom. The summed E-state index contributed by atoms with van der Waals surface area (Å²) in [7, 11) is 0. The molecule has 0 heterocycles. The van der Waals surface area contributed by atoms with Crippen LogP contribution in [0.5, 0.6) is 0 Å². The van der Waals surface area contributed by atoms with Crippen LogP contribution in [0.25, 0.3) is 0 Å². The van der Waals surface area contributed by atoms with Crippen LogP contribution in [-0.4, -0.2) is 17.3 Å². The molecule has 0 bridgehead atoms. The Morgan fingerprint density at radius 1 is 1.29 bits per heavy atom. The lowest BCUT2D eigenvalue weighted by molar-refractivity contribution is 0.0493. The largest absolute Gasteiger partial charge is 0.392 e. The maximum Gasteiger partial charge on any atom is 0.0693 e. The molecule has 0 amide bonds. The number of aliphatic hydroxyl groups excluding tert-OH is 1. The molecule has 1 aromatic rings. The van der Waals surface area contributed by atoms with E-state index in [0.717, 1.165) is 19.4 Å². The van der Waals surface area contributed by atoms with Gasteiger partial charge in [0, 0.05) is 12.6 Å². The molecule has 1 saturated carbocycles. The highest BCUT2D eigenvalue weighted by Crippen LogP contribution is 2.19. The van der Waals surface area contributed by atoms with Crippen molar-refractivity contribution in [3.05, 3.63) is 35.4 Å². The Hall–Kier alpha value is -0.860. The fourth-order valence-electron chi connectivity index (χ4n) is 1.68. The third-order valence-electron chi connectivity index (χ3n) is 2.93. The molecule has 2 atom stereocenters. The van der Waals surface area contributed by atoms with Crippen LogP contribution in [0.15, 0.2) is 24.3 Å². The quantitative estimate of drug-likeness (QED) is 0.760. The number of hydrogen-bond acceptors (Lipinski definition) is 2. The zero-order valence-electron chi connectivity index (χ0n) is 8.53. The van der Waals surface area contributed by atoms with Crippen LogP contribution in [0.2, 0.25) is 0 Å². The second-order valence-corrected chi connectivity index (χ2v) is 4.12. The molecule has 0 spiro atoms. The summed E-state index contributed by atoms with van der Waals surface area (Å²) in [5.41, 5.74) is 2.58. The van der Waals surface area contributed by atoms with Gasteiger partial charge in [-0.25, -0.2) is 0 Å². The monoisotopic (exact) mass is 191 g/mol. The number of nitrogens with one attached hydrogen (secondary N) is 1. The highest BCUT2D eigenvalue weighted by Gasteiger charge is 2.27. The van der Waals surface area contributed by atoms with Gasteiger partial charge in [0.1, 0.15) is 0 Å². The van der Waals surface area contributed by atoms with E-state index in [1.165, 1.54) is 11.1 Å². The third kappa shape index (κ3) is 2.14. The van der Waals surface area contributed by atoms with E-state index < -0.39 is 0 Å². The van der Waals surface area contributed by atoms with Crippen molar-refractivity contribution in [1.82, 2.24) is 5.32 Å². The van der Waals surface area contributed by atoms with Crippen molar-refractivity contribution >= 4 is 0 Å². The molecule has 0 saturated heterocycles. The van der Waals surface area contributed by atoms with E-state index in [0.29, 0.717) is 6.04 Å². The van der Waals surface area contributed by atoms with Gasteiger partial charge in [-0.15, -0.1) is 0 Å². The lowest BCUT2D eigenvalue weighted by atomic mass is 9.89. The van der Waals surface area contributed by atoms with Crippen LogP contribution in [0.4, 0.5) is 0 Å². The van der Waals surface area contributed by atoms with E-state index in [4.69, 9.17) is 0 Å². The maximum atomic E-state index is 9.37. The second kappa shape index (κ2) is 4.11. The van der Waals surface area contributed by atoms with E-state index in [9.17, 15) is 5.11 Å². The summed E-state index contributed by atoms with van der Waals surface area (Å²) in [6.45, 7) is 2.95. The minimum Gasteiger partial charge on any atom is -0.392 e. The zero-order chi connectivity index (χ0) is 9.97. The van der Waals surface area contributed by atoms with Crippen LogP contribution in [0, 0.1) is 6.92 Å². The summed E-state index contributed by atoms with van der Waals surface area (Å²) >= 11 is 0. The lowest BCUT2D eigenvalue weighted by Gasteiger charge is -2.33. The van der Waals surface area contributed by atoms with Gasteiger partial charge in [0.2, 0.25) is 0 Å². The van der Waals surface area contributed by atoms with Crippen LogP contribution >= 0.6 is 0 Å². The molecule has 0 aliphatic heterocycles. The molecule has 2 heteroatoms. The molecule has 14 heavy (non-hydrogen) atoms. The molecular weight excluding hydrogens is 174 g/mol. The molecular formula is C12H17NO. The van der Waals surface area contributed by atoms with Gasteiger partial charge < -0.3 is 10.4 Å². The van der Waals surface area contributed by atoms with E-state index in [1.54, 1.807) is 0 Å². The third-order valence-corrected chi connectivity index (χ3v) is 2.93. The average Bonchev–Trinajstić information content (AvgIpc) is 2.19. The molecule has 2 rings (SSSR count). The Labute approximate surface area is 85.0 Å². The molecule has 76 valence electrons. The Balaban J connectivity index is 1.83. The van der Waals surface area contributed by atoms with Gasteiger partial charge >= 0.3 is 0 Å². The fourth-order valence-corrected chi connectivity index (χ4v) is 1.68. The highest BCUT2D eigenvalue weighted by molar-refractivity contribution is 5.21. The second-order valence-electron chi connectivity index (χ2n) is 4.12. The van der Waals surface area contributed by atoms with Gasteiger partial charge in [-0.3, -0.25) is 0 Å². The molecule has 1 aliphatic carbocycles. The molecule has 1 fully saturated rings. The van der Waals surface area contributed by atoms with Crippen LogP contribution in [-0.2, 0) is 6.54 Å². The Morgan fingerprint density at radius 2 is 2.00 bits per heavy atom.